The number of rotatable bonds is 6. The summed E-state index contributed by atoms with van der Waals surface area (Å²) < 4.78 is 25.3. The second-order valence-corrected chi connectivity index (χ2v) is 4.33. The Balaban J connectivity index is 3.38. The molecule has 0 amide bonds. The van der Waals surface area contributed by atoms with Gasteiger partial charge in [0.25, 0.3) is 6.43 Å². The standard InChI is InChI=1S/C12H18F2N4O2/c1-7-5-8(2)16-12(10(7)11(15)17-20)18(3-4-19)6-9(13)14/h5,9,19-20H,3-4,6H2,1-2H3,(H2,15,17). The van der Waals surface area contributed by atoms with E-state index in [9.17, 15) is 8.78 Å². The Morgan fingerprint density at radius 1 is 1.50 bits per heavy atom. The monoisotopic (exact) mass is 288 g/mol. The number of oxime groups is 1. The van der Waals surface area contributed by atoms with Gasteiger partial charge in [-0.2, -0.15) is 0 Å². The van der Waals surface area contributed by atoms with Crippen molar-refractivity contribution in [3.8, 4) is 0 Å². The summed E-state index contributed by atoms with van der Waals surface area (Å²) in [7, 11) is 0. The van der Waals surface area contributed by atoms with E-state index in [-0.39, 0.29) is 30.4 Å². The van der Waals surface area contributed by atoms with Gasteiger partial charge in [-0.25, -0.2) is 13.8 Å². The SMILES string of the molecule is Cc1cc(C)c(/C(N)=N/O)c(N(CCO)CC(F)F)n1. The number of aryl methyl sites for hydroxylation is 2. The van der Waals surface area contributed by atoms with E-state index < -0.39 is 13.0 Å². The van der Waals surface area contributed by atoms with Crippen molar-refractivity contribution in [3.05, 3.63) is 22.9 Å². The first-order valence-corrected chi connectivity index (χ1v) is 6.00. The summed E-state index contributed by atoms with van der Waals surface area (Å²) in [6.45, 7) is 2.50. The van der Waals surface area contributed by atoms with E-state index in [1.54, 1.807) is 19.9 Å². The molecule has 0 spiro atoms. The molecule has 0 fully saturated rings. The number of nitrogens with zero attached hydrogens (tertiary/aromatic N) is 3. The van der Waals surface area contributed by atoms with Crippen molar-refractivity contribution in [2.45, 2.75) is 20.3 Å². The third-order valence-electron chi connectivity index (χ3n) is 2.72. The predicted octanol–water partition coefficient (Wildman–Crippen LogP) is 0.857. The number of hydrogen-bond donors (Lipinski definition) is 3. The van der Waals surface area contributed by atoms with Crippen LogP contribution in [0.2, 0.25) is 0 Å². The summed E-state index contributed by atoms with van der Waals surface area (Å²) in [6.07, 6.45) is -2.59. The van der Waals surface area contributed by atoms with Crippen molar-refractivity contribution in [1.82, 2.24) is 4.98 Å². The van der Waals surface area contributed by atoms with Crippen molar-refractivity contribution >= 4 is 11.7 Å². The fraction of sp³-hybridized carbons (Fsp3) is 0.500. The number of alkyl halides is 2. The molecule has 4 N–H and O–H groups in total. The summed E-state index contributed by atoms with van der Waals surface area (Å²) in [5.41, 5.74) is 7.15. The van der Waals surface area contributed by atoms with E-state index in [4.69, 9.17) is 16.0 Å². The molecule has 0 saturated heterocycles. The Morgan fingerprint density at radius 2 is 2.15 bits per heavy atom. The molecular formula is C12H18F2N4O2. The molecule has 0 unspecified atom stereocenters. The van der Waals surface area contributed by atoms with Crippen LogP contribution in [0.1, 0.15) is 16.8 Å². The average molecular weight is 288 g/mol. The minimum absolute atomic E-state index is 0.0219. The number of aliphatic hydroxyl groups is 1. The fourth-order valence-electron chi connectivity index (χ4n) is 1.98. The summed E-state index contributed by atoms with van der Waals surface area (Å²) >= 11 is 0. The van der Waals surface area contributed by atoms with Gasteiger partial charge in [0.2, 0.25) is 0 Å². The zero-order valence-corrected chi connectivity index (χ0v) is 11.3. The van der Waals surface area contributed by atoms with Gasteiger partial charge in [-0.1, -0.05) is 5.16 Å². The van der Waals surface area contributed by atoms with Gasteiger partial charge in [0.05, 0.1) is 18.7 Å². The van der Waals surface area contributed by atoms with Gasteiger partial charge in [0.15, 0.2) is 5.84 Å². The van der Waals surface area contributed by atoms with E-state index in [1.807, 2.05) is 0 Å². The van der Waals surface area contributed by atoms with Crippen LogP contribution < -0.4 is 10.6 Å². The molecule has 0 radical (unpaired) electrons. The van der Waals surface area contributed by atoms with Crippen LogP contribution >= 0.6 is 0 Å². The van der Waals surface area contributed by atoms with Crippen molar-refractivity contribution in [2.75, 3.05) is 24.6 Å². The van der Waals surface area contributed by atoms with Crippen LogP contribution in [0, 0.1) is 13.8 Å². The van der Waals surface area contributed by atoms with Crippen LogP contribution in [0.15, 0.2) is 11.2 Å². The zero-order chi connectivity index (χ0) is 15.3. The molecular weight excluding hydrogens is 270 g/mol. The number of anilines is 1. The normalized spacial score (nSPS) is 12.0. The number of pyridine rings is 1. The quantitative estimate of drug-likeness (QED) is 0.312. The summed E-state index contributed by atoms with van der Waals surface area (Å²) in [5, 5.41) is 20.7. The summed E-state index contributed by atoms with van der Waals surface area (Å²) in [6, 6.07) is 1.70. The Bertz CT molecular complexity index is 495. The van der Waals surface area contributed by atoms with Gasteiger partial charge >= 0.3 is 0 Å². The Labute approximate surface area is 115 Å². The van der Waals surface area contributed by atoms with E-state index in [2.05, 4.69) is 10.1 Å². The molecule has 0 bridgehead atoms. The molecule has 0 aliphatic heterocycles. The maximum absolute atomic E-state index is 12.6. The van der Waals surface area contributed by atoms with E-state index in [0.29, 0.717) is 11.3 Å². The molecule has 0 aliphatic rings. The van der Waals surface area contributed by atoms with E-state index >= 15 is 0 Å². The first kappa shape index (κ1) is 16.1. The smallest absolute Gasteiger partial charge is 0.255 e. The van der Waals surface area contributed by atoms with Crippen molar-refractivity contribution in [2.24, 2.45) is 10.9 Å². The molecule has 1 heterocycles. The third-order valence-corrected chi connectivity index (χ3v) is 2.72. The highest BCUT2D eigenvalue weighted by atomic mass is 19.3. The molecule has 112 valence electrons. The van der Waals surface area contributed by atoms with Crippen LogP contribution in [0.4, 0.5) is 14.6 Å². The topological polar surface area (TPSA) is 95.0 Å². The van der Waals surface area contributed by atoms with Crippen molar-refractivity contribution < 1.29 is 19.1 Å². The van der Waals surface area contributed by atoms with Crippen LogP contribution in [0.5, 0.6) is 0 Å². The molecule has 0 aliphatic carbocycles. The van der Waals surface area contributed by atoms with Gasteiger partial charge in [0.1, 0.15) is 5.82 Å². The van der Waals surface area contributed by atoms with Crippen LogP contribution in [0.25, 0.3) is 0 Å². The lowest BCUT2D eigenvalue weighted by Gasteiger charge is -2.25. The summed E-state index contributed by atoms with van der Waals surface area (Å²) in [5.74, 6) is -0.0330. The molecule has 1 aromatic rings. The second-order valence-electron chi connectivity index (χ2n) is 4.33. The lowest BCUT2D eigenvalue weighted by Crippen LogP contribution is -2.35. The highest BCUT2D eigenvalue weighted by Gasteiger charge is 2.21. The predicted molar refractivity (Wildman–Crippen MR) is 71.5 cm³/mol. The van der Waals surface area contributed by atoms with Crippen molar-refractivity contribution in [1.29, 1.82) is 0 Å². The van der Waals surface area contributed by atoms with Gasteiger partial charge in [-0.3, -0.25) is 0 Å². The Kier molecular flexibility index (Phi) is 5.63. The molecule has 1 rings (SSSR count). The lowest BCUT2D eigenvalue weighted by atomic mass is 10.1. The van der Waals surface area contributed by atoms with Gasteiger partial charge in [-0.05, 0) is 25.5 Å². The first-order valence-electron chi connectivity index (χ1n) is 6.00. The number of amidine groups is 1. The van der Waals surface area contributed by atoms with E-state index in [0.717, 1.165) is 0 Å². The van der Waals surface area contributed by atoms with Crippen molar-refractivity contribution in [3.63, 3.8) is 0 Å². The second kappa shape index (κ2) is 6.99. The van der Waals surface area contributed by atoms with Crippen LogP contribution in [0.3, 0.4) is 0 Å². The lowest BCUT2D eigenvalue weighted by molar-refractivity contribution is 0.152. The molecule has 1 aromatic heterocycles. The zero-order valence-electron chi connectivity index (χ0n) is 11.3. The van der Waals surface area contributed by atoms with Crippen LogP contribution in [-0.4, -0.2) is 47.3 Å². The maximum atomic E-state index is 12.6. The molecule has 6 nitrogen and oxygen atoms in total. The molecule has 0 saturated carbocycles. The summed E-state index contributed by atoms with van der Waals surface area (Å²) in [4.78, 5) is 5.40. The number of hydrogen-bond acceptors (Lipinski definition) is 5. The molecule has 8 heteroatoms. The minimum Gasteiger partial charge on any atom is -0.409 e. The van der Waals surface area contributed by atoms with Crippen LogP contribution in [-0.2, 0) is 0 Å². The Morgan fingerprint density at radius 3 is 2.65 bits per heavy atom. The van der Waals surface area contributed by atoms with E-state index in [1.165, 1.54) is 4.90 Å². The minimum atomic E-state index is -2.59. The highest BCUT2D eigenvalue weighted by molar-refractivity contribution is 6.02. The first-order chi connectivity index (χ1) is 9.40. The number of halogens is 2. The average Bonchev–Trinajstić information content (AvgIpc) is 2.36. The fourth-order valence-corrected chi connectivity index (χ4v) is 1.98. The Hall–Kier alpha value is -1.96. The maximum Gasteiger partial charge on any atom is 0.255 e. The molecule has 20 heavy (non-hydrogen) atoms. The number of aromatic nitrogens is 1. The molecule has 0 atom stereocenters. The van der Waals surface area contributed by atoms with Gasteiger partial charge in [0, 0.05) is 12.2 Å². The number of nitrogens with two attached hydrogens (primary N) is 1. The van der Waals surface area contributed by atoms with Gasteiger partial charge in [-0.15, -0.1) is 0 Å². The highest BCUT2D eigenvalue weighted by Crippen LogP contribution is 2.23. The largest absolute Gasteiger partial charge is 0.409 e. The number of aliphatic hydroxyl groups excluding tert-OH is 1. The third kappa shape index (κ3) is 3.77. The van der Waals surface area contributed by atoms with Gasteiger partial charge < -0.3 is 20.9 Å². The molecule has 0 aromatic carbocycles.